The Morgan fingerprint density at radius 3 is 2.03 bits per heavy atom. The predicted octanol–water partition coefficient (Wildman–Crippen LogP) is 3.50. The van der Waals surface area contributed by atoms with Crippen LogP contribution in [-0.2, 0) is 9.59 Å². The molecule has 1 amide bonds. The predicted molar refractivity (Wildman–Crippen MR) is 120 cm³/mol. The van der Waals surface area contributed by atoms with E-state index in [2.05, 4.69) is 28.3 Å². The highest BCUT2D eigenvalue weighted by molar-refractivity contribution is 5.81. The summed E-state index contributed by atoms with van der Waals surface area (Å²) in [7, 11) is 0. The maximum Gasteiger partial charge on any atom is 0.225 e. The van der Waals surface area contributed by atoms with E-state index in [1.165, 1.54) is 51.7 Å². The molecule has 0 atom stereocenters. The number of nitrogens with one attached hydrogen (secondary N) is 1. The van der Waals surface area contributed by atoms with Gasteiger partial charge in [0.1, 0.15) is 5.78 Å². The van der Waals surface area contributed by atoms with Gasteiger partial charge in [-0.15, -0.1) is 13.2 Å². The van der Waals surface area contributed by atoms with Crippen LogP contribution in [0.25, 0.3) is 0 Å². The van der Waals surface area contributed by atoms with Gasteiger partial charge in [0.05, 0.1) is 0 Å². The Kier molecular flexibility index (Phi) is 10.9. The van der Waals surface area contributed by atoms with Gasteiger partial charge in [0.2, 0.25) is 5.91 Å². The van der Waals surface area contributed by atoms with Gasteiger partial charge >= 0.3 is 0 Å². The average molecular weight is 406 g/mol. The normalized spacial score (nSPS) is 26.4. The summed E-state index contributed by atoms with van der Waals surface area (Å²) in [5.41, 5.74) is 0. The monoisotopic (exact) mass is 405 g/mol. The molecule has 0 unspecified atom stereocenters. The molecule has 1 saturated carbocycles. The van der Waals surface area contributed by atoms with Crippen molar-refractivity contribution in [2.75, 3.05) is 45.8 Å². The van der Waals surface area contributed by atoms with Gasteiger partial charge in [-0.05, 0) is 64.3 Å². The van der Waals surface area contributed by atoms with Crippen LogP contribution >= 0.6 is 0 Å². The summed E-state index contributed by atoms with van der Waals surface area (Å²) in [5, 5.41) is 3.41. The number of ketones is 1. The minimum atomic E-state index is 0.177. The largest absolute Gasteiger partial charge is 0.342 e. The number of hydrogen-bond donors (Lipinski definition) is 1. The van der Waals surface area contributed by atoms with Crippen molar-refractivity contribution in [3.8, 4) is 0 Å². The molecule has 1 aliphatic carbocycles. The van der Waals surface area contributed by atoms with Crippen molar-refractivity contribution in [1.29, 1.82) is 0 Å². The van der Waals surface area contributed by atoms with Crippen LogP contribution in [0.3, 0.4) is 0 Å². The number of nitrogens with zero attached hydrogens (tertiary/aromatic N) is 2. The number of rotatable bonds is 7. The highest BCUT2D eigenvalue weighted by Crippen LogP contribution is 2.32. The molecule has 3 fully saturated rings. The van der Waals surface area contributed by atoms with E-state index in [-0.39, 0.29) is 11.8 Å². The van der Waals surface area contributed by atoms with Crippen molar-refractivity contribution >= 4 is 11.7 Å². The Bertz CT molecular complexity index is 488. The van der Waals surface area contributed by atoms with Gasteiger partial charge in [0, 0.05) is 51.1 Å². The van der Waals surface area contributed by atoms with Crippen molar-refractivity contribution in [2.24, 2.45) is 17.8 Å². The highest BCUT2D eigenvalue weighted by Gasteiger charge is 2.32. The molecule has 3 aliphatic rings. The van der Waals surface area contributed by atoms with E-state index in [9.17, 15) is 9.59 Å². The Morgan fingerprint density at radius 2 is 1.45 bits per heavy atom. The summed E-state index contributed by atoms with van der Waals surface area (Å²) in [6, 6.07) is 0. The van der Waals surface area contributed by atoms with Gasteiger partial charge in [0.25, 0.3) is 0 Å². The molecule has 2 saturated heterocycles. The van der Waals surface area contributed by atoms with E-state index in [0.29, 0.717) is 11.7 Å². The average Bonchev–Trinajstić information content (AvgIpc) is 2.79. The number of likely N-dealkylation sites (tertiary alicyclic amines) is 1. The smallest absolute Gasteiger partial charge is 0.225 e. The molecule has 0 bridgehead atoms. The molecule has 5 heteroatoms. The van der Waals surface area contributed by atoms with E-state index in [4.69, 9.17) is 0 Å². The maximum absolute atomic E-state index is 12.8. The molecule has 0 aromatic rings. The van der Waals surface area contributed by atoms with Gasteiger partial charge in [-0.2, -0.15) is 0 Å². The van der Waals surface area contributed by atoms with Crippen molar-refractivity contribution in [2.45, 2.75) is 64.7 Å². The van der Waals surface area contributed by atoms with Crippen LogP contribution in [0, 0.1) is 17.8 Å². The Morgan fingerprint density at radius 1 is 0.862 bits per heavy atom. The fourth-order valence-electron chi connectivity index (χ4n) is 5.15. The Balaban J connectivity index is 0.00000145. The lowest BCUT2D eigenvalue weighted by atomic mass is 9.79. The van der Waals surface area contributed by atoms with E-state index in [0.717, 1.165) is 57.8 Å². The van der Waals surface area contributed by atoms with Crippen LogP contribution in [0.4, 0.5) is 0 Å². The SMILES string of the molecule is C=C.CC(=O)C1CCC(C(=O)N2CCC(CCCCN3CCNCC3)CC2)CC1. The molecule has 2 heterocycles. The van der Waals surface area contributed by atoms with E-state index in [1.54, 1.807) is 6.92 Å². The molecule has 0 aromatic heterocycles. The van der Waals surface area contributed by atoms with Gasteiger partial charge < -0.3 is 15.1 Å². The lowest BCUT2D eigenvalue weighted by Gasteiger charge is -2.36. The first kappa shape index (κ1) is 24.1. The van der Waals surface area contributed by atoms with Crippen LogP contribution in [0.15, 0.2) is 13.2 Å². The second kappa shape index (κ2) is 13.2. The van der Waals surface area contributed by atoms with Crippen molar-refractivity contribution < 1.29 is 9.59 Å². The summed E-state index contributed by atoms with van der Waals surface area (Å²) >= 11 is 0. The van der Waals surface area contributed by atoms with Gasteiger partial charge in [-0.1, -0.05) is 12.8 Å². The number of carbonyl (C=O) groups excluding carboxylic acids is 2. The van der Waals surface area contributed by atoms with Crippen LogP contribution in [0.2, 0.25) is 0 Å². The van der Waals surface area contributed by atoms with E-state index in [1.807, 2.05) is 0 Å². The third-order valence-electron chi connectivity index (χ3n) is 7.12. The van der Waals surface area contributed by atoms with Gasteiger partial charge in [-0.25, -0.2) is 0 Å². The zero-order valence-corrected chi connectivity index (χ0v) is 18.7. The highest BCUT2D eigenvalue weighted by atomic mass is 16.2. The number of Topliss-reactive ketones (excluding diaryl/α,β-unsaturated/α-hetero) is 1. The van der Waals surface area contributed by atoms with Crippen LogP contribution in [0.1, 0.15) is 64.7 Å². The summed E-state index contributed by atoms with van der Waals surface area (Å²) < 4.78 is 0. The van der Waals surface area contributed by atoms with Crippen molar-refractivity contribution in [1.82, 2.24) is 15.1 Å². The van der Waals surface area contributed by atoms with E-state index >= 15 is 0 Å². The molecular formula is C24H43N3O2. The topological polar surface area (TPSA) is 52.7 Å². The minimum Gasteiger partial charge on any atom is -0.342 e. The number of amides is 1. The Labute approximate surface area is 178 Å². The maximum atomic E-state index is 12.8. The van der Waals surface area contributed by atoms with Crippen LogP contribution in [-0.4, -0.2) is 67.3 Å². The van der Waals surface area contributed by atoms with Crippen molar-refractivity contribution in [3.05, 3.63) is 13.2 Å². The second-order valence-corrected chi connectivity index (χ2v) is 9.02. The first-order valence-electron chi connectivity index (χ1n) is 11.9. The summed E-state index contributed by atoms with van der Waals surface area (Å²) in [4.78, 5) is 29.0. The summed E-state index contributed by atoms with van der Waals surface area (Å²) in [6.07, 6.45) is 9.99. The van der Waals surface area contributed by atoms with E-state index < -0.39 is 0 Å². The fourth-order valence-corrected chi connectivity index (χ4v) is 5.15. The van der Waals surface area contributed by atoms with Gasteiger partial charge in [0.15, 0.2) is 0 Å². The number of hydrogen-bond acceptors (Lipinski definition) is 4. The number of piperazine rings is 1. The molecule has 29 heavy (non-hydrogen) atoms. The first-order chi connectivity index (χ1) is 14.1. The number of carbonyl (C=O) groups is 2. The molecule has 3 rings (SSSR count). The van der Waals surface area contributed by atoms with Crippen molar-refractivity contribution in [3.63, 3.8) is 0 Å². The van der Waals surface area contributed by atoms with Gasteiger partial charge in [-0.3, -0.25) is 9.59 Å². The minimum absolute atomic E-state index is 0.177. The lowest BCUT2D eigenvalue weighted by Crippen LogP contribution is -2.43. The number of piperidine rings is 1. The molecule has 1 N–H and O–H groups in total. The third-order valence-corrected chi connectivity index (χ3v) is 7.12. The fraction of sp³-hybridized carbons (Fsp3) is 0.833. The molecule has 0 spiro atoms. The summed E-state index contributed by atoms with van der Waals surface area (Å²) in [5.74, 6) is 1.87. The third kappa shape index (κ3) is 7.86. The summed E-state index contributed by atoms with van der Waals surface area (Å²) in [6.45, 7) is 15.5. The lowest BCUT2D eigenvalue weighted by molar-refractivity contribution is -0.139. The quantitative estimate of drug-likeness (QED) is 0.520. The van der Waals surface area contributed by atoms with Crippen LogP contribution < -0.4 is 5.32 Å². The molecule has 5 nitrogen and oxygen atoms in total. The number of unbranched alkanes of at least 4 members (excludes halogenated alkanes) is 1. The molecule has 166 valence electrons. The standard InChI is InChI=1S/C22H39N3O2.C2H4/c1-18(26)20-5-7-21(8-6-20)22(27)25-14-9-19(10-15-25)4-2-3-13-24-16-11-23-12-17-24;1-2/h19-21,23H,2-17H2,1H3;1-2H2. The first-order valence-corrected chi connectivity index (χ1v) is 11.9. The molecular weight excluding hydrogens is 362 g/mol. The second-order valence-electron chi connectivity index (χ2n) is 9.02. The van der Waals surface area contributed by atoms with Crippen LogP contribution in [0.5, 0.6) is 0 Å². The Hall–Kier alpha value is -1.20. The molecule has 2 aliphatic heterocycles. The zero-order chi connectivity index (χ0) is 21.1. The zero-order valence-electron chi connectivity index (χ0n) is 18.7. The molecule has 0 radical (unpaired) electrons. The molecule has 0 aromatic carbocycles.